The van der Waals surface area contributed by atoms with Crippen molar-refractivity contribution in [2.75, 3.05) is 37.6 Å². The molecule has 2 heterocycles. The van der Waals surface area contributed by atoms with Gasteiger partial charge in [-0.25, -0.2) is 18.4 Å². The molecule has 1 unspecified atom stereocenters. The molecule has 1 atom stereocenters. The fourth-order valence-electron chi connectivity index (χ4n) is 3.35. The van der Waals surface area contributed by atoms with Crippen LogP contribution in [0.5, 0.6) is 5.88 Å². The topological polar surface area (TPSA) is 93.7 Å². The van der Waals surface area contributed by atoms with Crippen molar-refractivity contribution in [2.45, 2.75) is 17.9 Å². The molecule has 1 saturated heterocycles. The largest absolute Gasteiger partial charge is 0.471 e. The summed E-state index contributed by atoms with van der Waals surface area (Å²) in [5.74, 6) is 0.141. The van der Waals surface area contributed by atoms with Gasteiger partial charge >= 0.3 is 0 Å². The zero-order valence-corrected chi connectivity index (χ0v) is 18.6. The number of fused-ring (bicyclic) bond motifs is 1. The van der Waals surface area contributed by atoms with E-state index in [1.54, 1.807) is 24.3 Å². The van der Waals surface area contributed by atoms with Gasteiger partial charge in [-0.1, -0.05) is 35.9 Å². The molecule has 0 radical (unpaired) electrons. The van der Waals surface area contributed by atoms with E-state index in [9.17, 15) is 8.42 Å². The number of para-hydroxylation sites is 2. The van der Waals surface area contributed by atoms with E-state index in [1.165, 1.54) is 12.1 Å². The monoisotopic (exact) mass is 462 g/mol. The Morgan fingerprint density at radius 2 is 1.74 bits per heavy atom. The molecule has 0 bridgehead atoms. The van der Waals surface area contributed by atoms with Crippen molar-refractivity contribution in [3.8, 4) is 5.88 Å². The van der Waals surface area contributed by atoms with Gasteiger partial charge in [0.2, 0.25) is 5.82 Å². The molecule has 0 amide bonds. The van der Waals surface area contributed by atoms with E-state index in [-0.39, 0.29) is 27.7 Å². The highest BCUT2D eigenvalue weighted by Crippen LogP contribution is 2.29. The second-order valence-electron chi connectivity index (χ2n) is 7.24. The number of nitrogens with zero attached hydrogens (tertiary/aromatic N) is 3. The molecule has 2 aromatic carbocycles. The summed E-state index contributed by atoms with van der Waals surface area (Å²) in [4.78, 5) is 11.2. The summed E-state index contributed by atoms with van der Waals surface area (Å²) >= 11 is 6.10. The number of rotatable bonds is 7. The average molecular weight is 463 g/mol. The van der Waals surface area contributed by atoms with E-state index in [0.29, 0.717) is 30.8 Å². The van der Waals surface area contributed by atoms with Crippen LogP contribution in [0.15, 0.2) is 53.4 Å². The Kier molecular flexibility index (Phi) is 6.57. The van der Waals surface area contributed by atoms with Crippen LogP contribution in [-0.4, -0.2) is 62.2 Å². The van der Waals surface area contributed by atoms with Crippen molar-refractivity contribution in [3.05, 3.63) is 53.6 Å². The predicted molar refractivity (Wildman–Crippen MR) is 119 cm³/mol. The lowest BCUT2D eigenvalue weighted by atomic mass is 10.3. The Bertz CT molecular complexity index is 1170. The summed E-state index contributed by atoms with van der Waals surface area (Å²) in [6, 6.07) is 13.4. The molecule has 0 aliphatic carbocycles. The summed E-state index contributed by atoms with van der Waals surface area (Å²) in [6.07, 6.45) is -0.239. The minimum Gasteiger partial charge on any atom is -0.471 e. The lowest BCUT2D eigenvalue weighted by molar-refractivity contribution is 0.0214. The molecule has 1 N–H and O–H groups in total. The van der Waals surface area contributed by atoms with Crippen LogP contribution in [0.25, 0.3) is 11.0 Å². The molecule has 1 fully saturated rings. The maximum absolute atomic E-state index is 13.0. The van der Waals surface area contributed by atoms with Crippen molar-refractivity contribution in [1.82, 2.24) is 14.9 Å². The first-order chi connectivity index (χ1) is 14.9. The van der Waals surface area contributed by atoms with Gasteiger partial charge in [0.15, 0.2) is 0 Å². The maximum atomic E-state index is 13.0. The minimum atomic E-state index is -3.99. The SMILES string of the molecule is CC(CN1CCOCC1)Oc1nc2ccccc2nc1NS(=O)(=O)c1ccccc1Cl. The van der Waals surface area contributed by atoms with E-state index in [0.717, 1.165) is 13.1 Å². The Morgan fingerprint density at radius 3 is 2.45 bits per heavy atom. The van der Waals surface area contributed by atoms with Crippen LogP contribution >= 0.6 is 11.6 Å². The van der Waals surface area contributed by atoms with Gasteiger partial charge in [0, 0.05) is 19.6 Å². The zero-order valence-electron chi connectivity index (χ0n) is 17.0. The first-order valence-electron chi connectivity index (χ1n) is 9.93. The van der Waals surface area contributed by atoms with E-state index < -0.39 is 10.0 Å². The molecule has 4 rings (SSSR count). The molecule has 1 aliphatic heterocycles. The summed E-state index contributed by atoms with van der Waals surface area (Å²) in [7, 11) is -3.99. The second kappa shape index (κ2) is 9.35. The molecule has 164 valence electrons. The smallest absolute Gasteiger partial charge is 0.264 e. The number of morpholine rings is 1. The standard InChI is InChI=1S/C21H23ClN4O4S/c1-15(14-26-10-12-29-13-11-26)30-21-20(23-17-7-3-4-8-18(17)24-21)25-31(27,28)19-9-5-2-6-16(19)22/h2-9,15H,10-14H2,1H3,(H,23,25). The number of halogens is 1. The molecule has 8 nitrogen and oxygen atoms in total. The first-order valence-corrected chi connectivity index (χ1v) is 11.8. The van der Waals surface area contributed by atoms with E-state index in [4.69, 9.17) is 21.1 Å². The molecule has 10 heteroatoms. The number of hydrogen-bond acceptors (Lipinski definition) is 7. The number of nitrogens with one attached hydrogen (secondary N) is 1. The molecule has 1 aromatic heterocycles. The third-order valence-corrected chi connectivity index (χ3v) is 6.67. The van der Waals surface area contributed by atoms with Crippen molar-refractivity contribution in [1.29, 1.82) is 0 Å². The Balaban J connectivity index is 1.64. The van der Waals surface area contributed by atoms with Gasteiger partial charge in [0.25, 0.3) is 15.9 Å². The summed E-state index contributed by atoms with van der Waals surface area (Å²) in [5, 5.41) is 0.118. The Labute approximate surface area is 186 Å². The number of ether oxygens (including phenoxy) is 2. The fraction of sp³-hybridized carbons (Fsp3) is 0.333. The van der Waals surface area contributed by atoms with Crippen molar-refractivity contribution >= 4 is 38.5 Å². The second-order valence-corrected chi connectivity index (χ2v) is 9.30. The number of aromatic nitrogens is 2. The quantitative estimate of drug-likeness (QED) is 0.576. The van der Waals surface area contributed by atoms with E-state index in [1.807, 2.05) is 19.1 Å². The van der Waals surface area contributed by atoms with Crippen molar-refractivity contribution in [3.63, 3.8) is 0 Å². The van der Waals surface area contributed by atoms with Crippen LogP contribution in [0, 0.1) is 0 Å². The molecule has 1 aliphatic rings. The third-order valence-electron chi connectivity index (χ3n) is 4.83. The fourth-order valence-corrected chi connectivity index (χ4v) is 4.87. The van der Waals surface area contributed by atoms with Crippen LogP contribution in [0.1, 0.15) is 6.92 Å². The lowest BCUT2D eigenvalue weighted by Gasteiger charge is -2.29. The number of benzene rings is 2. The third kappa shape index (κ3) is 5.24. The Morgan fingerprint density at radius 1 is 1.10 bits per heavy atom. The number of anilines is 1. The summed E-state index contributed by atoms with van der Waals surface area (Å²) in [6.45, 7) is 5.59. The summed E-state index contributed by atoms with van der Waals surface area (Å²) in [5.41, 5.74) is 1.16. The van der Waals surface area contributed by atoms with Crippen molar-refractivity contribution < 1.29 is 17.9 Å². The molecular formula is C21H23ClN4O4S. The zero-order chi connectivity index (χ0) is 21.8. The molecule has 0 spiro atoms. The first kappa shape index (κ1) is 21.8. The number of sulfonamides is 1. The van der Waals surface area contributed by atoms with Crippen LogP contribution in [0.4, 0.5) is 5.82 Å². The van der Waals surface area contributed by atoms with Gasteiger partial charge in [-0.2, -0.15) is 0 Å². The molecular weight excluding hydrogens is 440 g/mol. The van der Waals surface area contributed by atoms with Gasteiger partial charge in [0.1, 0.15) is 11.0 Å². The molecule has 0 saturated carbocycles. The molecule has 3 aromatic rings. The van der Waals surface area contributed by atoms with Crippen LogP contribution in [0.3, 0.4) is 0 Å². The van der Waals surface area contributed by atoms with Gasteiger partial charge < -0.3 is 9.47 Å². The highest BCUT2D eigenvalue weighted by Gasteiger charge is 2.23. The van der Waals surface area contributed by atoms with E-state index in [2.05, 4.69) is 19.6 Å². The van der Waals surface area contributed by atoms with Crippen molar-refractivity contribution in [2.24, 2.45) is 0 Å². The normalized spacial score (nSPS) is 16.2. The highest BCUT2D eigenvalue weighted by molar-refractivity contribution is 7.92. The molecule has 31 heavy (non-hydrogen) atoms. The average Bonchev–Trinajstić information content (AvgIpc) is 2.75. The van der Waals surface area contributed by atoms with E-state index >= 15 is 0 Å². The maximum Gasteiger partial charge on any atom is 0.264 e. The van der Waals surface area contributed by atoms with Gasteiger partial charge in [-0.3, -0.25) is 9.62 Å². The van der Waals surface area contributed by atoms with Crippen LogP contribution < -0.4 is 9.46 Å². The van der Waals surface area contributed by atoms with Crippen LogP contribution in [-0.2, 0) is 14.8 Å². The van der Waals surface area contributed by atoms with Crippen LogP contribution in [0.2, 0.25) is 5.02 Å². The lowest BCUT2D eigenvalue weighted by Crippen LogP contribution is -2.41. The Hall–Kier alpha value is -2.46. The minimum absolute atomic E-state index is 0.0208. The summed E-state index contributed by atoms with van der Waals surface area (Å²) < 4.78 is 39.9. The predicted octanol–water partition coefficient (Wildman–Crippen LogP) is 3.18. The van der Waals surface area contributed by atoms with Gasteiger partial charge in [0.05, 0.1) is 29.3 Å². The number of hydrogen-bond donors (Lipinski definition) is 1. The van der Waals surface area contributed by atoms with Gasteiger partial charge in [-0.05, 0) is 31.2 Å². The van der Waals surface area contributed by atoms with Gasteiger partial charge in [-0.15, -0.1) is 0 Å². The highest BCUT2D eigenvalue weighted by atomic mass is 35.5.